The first-order valence-electron chi connectivity index (χ1n) is 9.48. The molecule has 0 saturated heterocycles. The normalized spacial score (nSPS) is 10.8. The summed E-state index contributed by atoms with van der Waals surface area (Å²) in [5.41, 5.74) is 3.16. The highest BCUT2D eigenvalue weighted by atomic mass is 16.5. The zero-order valence-corrected chi connectivity index (χ0v) is 16.4. The largest absolute Gasteiger partial charge is 0.452 e. The SMILES string of the molecule is Cc1cccc(C)c1NC(=O)COC(=O)c1c2ccccc2cc2ccccc12. The minimum atomic E-state index is -0.505. The van der Waals surface area contributed by atoms with Gasteiger partial charge in [0.25, 0.3) is 5.91 Å². The van der Waals surface area contributed by atoms with Gasteiger partial charge in [-0.2, -0.15) is 0 Å². The molecule has 0 fully saturated rings. The molecule has 4 heteroatoms. The quantitative estimate of drug-likeness (QED) is 0.379. The van der Waals surface area contributed by atoms with Crippen LogP contribution in [0.4, 0.5) is 5.69 Å². The third-order valence-electron chi connectivity index (χ3n) is 5.06. The molecule has 29 heavy (non-hydrogen) atoms. The molecule has 0 atom stereocenters. The van der Waals surface area contributed by atoms with Crippen molar-refractivity contribution in [3.05, 3.63) is 89.5 Å². The number of ether oxygens (including phenoxy) is 1. The van der Waals surface area contributed by atoms with Gasteiger partial charge in [0, 0.05) is 5.69 Å². The number of hydrogen-bond donors (Lipinski definition) is 1. The molecule has 0 bridgehead atoms. The Morgan fingerprint density at radius 2 is 1.34 bits per heavy atom. The number of amides is 1. The van der Waals surface area contributed by atoms with E-state index in [9.17, 15) is 9.59 Å². The lowest BCUT2D eigenvalue weighted by molar-refractivity contribution is -0.119. The summed E-state index contributed by atoms with van der Waals surface area (Å²) in [5.74, 6) is -0.866. The van der Waals surface area contributed by atoms with Crippen LogP contribution in [0.3, 0.4) is 0 Å². The molecule has 0 aromatic heterocycles. The molecule has 144 valence electrons. The van der Waals surface area contributed by atoms with Crippen LogP contribution in [0.5, 0.6) is 0 Å². The van der Waals surface area contributed by atoms with Gasteiger partial charge in [0.2, 0.25) is 0 Å². The molecule has 0 spiro atoms. The van der Waals surface area contributed by atoms with Crippen LogP contribution < -0.4 is 5.32 Å². The van der Waals surface area contributed by atoms with Crippen LogP contribution in [0.15, 0.2) is 72.8 Å². The number of fused-ring (bicyclic) bond motifs is 2. The first-order chi connectivity index (χ1) is 14.0. The summed E-state index contributed by atoms with van der Waals surface area (Å²) in [6.07, 6.45) is 0. The van der Waals surface area contributed by atoms with Crippen LogP contribution in [0.1, 0.15) is 21.5 Å². The molecule has 4 rings (SSSR count). The summed E-state index contributed by atoms with van der Waals surface area (Å²) >= 11 is 0. The Hall–Kier alpha value is -3.66. The Bertz CT molecular complexity index is 1170. The van der Waals surface area contributed by atoms with Crippen LogP contribution in [-0.4, -0.2) is 18.5 Å². The fourth-order valence-corrected chi connectivity index (χ4v) is 3.62. The van der Waals surface area contributed by atoms with E-state index in [0.717, 1.165) is 38.4 Å². The summed E-state index contributed by atoms with van der Waals surface area (Å²) in [6, 6.07) is 23.2. The lowest BCUT2D eigenvalue weighted by Gasteiger charge is -2.13. The van der Waals surface area contributed by atoms with E-state index in [1.807, 2.05) is 80.6 Å². The Morgan fingerprint density at radius 1 is 0.793 bits per heavy atom. The zero-order chi connectivity index (χ0) is 20.4. The summed E-state index contributed by atoms with van der Waals surface area (Å²) in [6.45, 7) is 3.51. The number of esters is 1. The number of nitrogens with one attached hydrogen (secondary N) is 1. The highest BCUT2D eigenvalue weighted by Crippen LogP contribution is 2.29. The maximum atomic E-state index is 13.0. The maximum absolute atomic E-state index is 13.0. The van der Waals surface area contributed by atoms with Gasteiger partial charge in [-0.3, -0.25) is 4.79 Å². The predicted molar refractivity (Wildman–Crippen MR) is 116 cm³/mol. The molecule has 0 aliphatic rings. The van der Waals surface area contributed by atoms with E-state index < -0.39 is 5.97 Å². The molecule has 0 saturated carbocycles. The first kappa shape index (κ1) is 18.7. The monoisotopic (exact) mass is 383 g/mol. The highest BCUT2D eigenvalue weighted by Gasteiger charge is 2.18. The number of hydrogen-bond acceptors (Lipinski definition) is 3. The average Bonchev–Trinajstić information content (AvgIpc) is 2.73. The first-order valence-corrected chi connectivity index (χ1v) is 9.48. The second kappa shape index (κ2) is 7.76. The lowest BCUT2D eigenvalue weighted by Crippen LogP contribution is -2.22. The third kappa shape index (κ3) is 3.69. The van der Waals surface area contributed by atoms with E-state index in [-0.39, 0.29) is 12.5 Å². The molecule has 1 amide bonds. The van der Waals surface area contributed by atoms with Crippen molar-refractivity contribution >= 4 is 39.1 Å². The minimum Gasteiger partial charge on any atom is -0.452 e. The molecule has 4 aromatic carbocycles. The lowest BCUT2D eigenvalue weighted by atomic mass is 9.97. The van der Waals surface area contributed by atoms with Crippen molar-refractivity contribution in [3.63, 3.8) is 0 Å². The van der Waals surface area contributed by atoms with Crippen molar-refractivity contribution in [1.29, 1.82) is 0 Å². The van der Waals surface area contributed by atoms with Crippen molar-refractivity contribution in [2.45, 2.75) is 13.8 Å². The number of anilines is 1. The molecule has 4 aromatic rings. The molecule has 0 heterocycles. The smallest absolute Gasteiger partial charge is 0.339 e. The van der Waals surface area contributed by atoms with Gasteiger partial charge in [-0.15, -0.1) is 0 Å². The predicted octanol–water partition coefficient (Wildman–Crippen LogP) is 5.41. The van der Waals surface area contributed by atoms with Crippen LogP contribution in [0.25, 0.3) is 21.5 Å². The zero-order valence-electron chi connectivity index (χ0n) is 16.4. The molecule has 0 radical (unpaired) electrons. The number of rotatable bonds is 4. The number of para-hydroxylation sites is 1. The topological polar surface area (TPSA) is 55.4 Å². The summed E-state index contributed by atoms with van der Waals surface area (Å²) in [5, 5.41) is 6.38. The van der Waals surface area contributed by atoms with Gasteiger partial charge in [0.1, 0.15) is 0 Å². The maximum Gasteiger partial charge on any atom is 0.339 e. The summed E-state index contributed by atoms with van der Waals surface area (Å²) < 4.78 is 5.41. The van der Waals surface area contributed by atoms with E-state index in [4.69, 9.17) is 4.74 Å². The second-order valence-corrected chi connectivity index (χ2v) is 7.08. The van der Waals surface area contributed by atoms with Crippen LogP contribution in [0, 0.1) is 13.8 Å². The van der Waals surface area contributed by atoms with Gasteiger partial charge in [-0.1, -0.05) is 66.7 Å². The number of benzene rings is 4. The fourth-order valence-electron chi connectivity index (χ4n) is 3.62. The molecular formula is C25H21NO3. The average molecular weight is 383 g/mol. The summed E-state index contributed by atoms with van der Waals surface area (Å²) in [4.78, 5) is 25.4. The van der Waals surface area contributed by atoms with E-state index in [1.165, 1.54) is 0 Å². The summed E-state index contributed by atoms with van der Waals surface area (Å²) in [7, 11) is 0. The number of aryl methyl sites for hydroxylation is 2. The fraction of sp³-hybridized carbons (Fsp3) is 0.120. The molecule has 1 N–H and O–H groups in total. The third-order valence-corrected chi connectivity index (χ3v) is 5.06. The van der Waals surface area contributed by atoms with E-state index in [2.05, 4.69) is 11.4 Å². The molecule has 0 aliphatic carbocycles. The molecule has 4 nitrogen and oxygen atoms in total. The Kier molecular flexibility index (Phi) is 5.00. The van der Waals surface area contributed by atoms with Crippen molar-refractivity contribution in [2.75, 3.05) is 11.9 Å². The van der Waals surface area contributed by atoms with Crippen molar-refractivity contribution in [2.24, 2.45) is 0 Å². The van der Waals surface area contributed by atoms with Crippen LogP contribution in [0.2, 0.25) is 0 Å². The van der Waals surface area contributed by atoms with Gasteiger partial charge in [0.05, 0.1) is 5.56 Å². The Labute approximate surface area is 169 Å². The van der Waals surface area contributed by atoms with Crippen LogP contribution >= 0.6 is 0 Å². The van der Waals surface area contributed by atoms with Gasteiger partial charge in [-0.25, -0.2) is 4.79 Å². The van der Waals surface area contributed by atoms with Crippen molar-refractivity contribution in [3.8, 4) is 0 Å². The van der Waals surface area contributed by atoms with E-state index in [0.29, 0.717) is 5.56 Å². The standard InChI is InChI=1S/C25H21NO3/c1-16-8-7-9-17(2)24(16)26-22(27)15-29-25(28)23-20-12-5-3-10-18(20)14-19-11-4-6-13-21(19)23/h3-14H,15H2,1-2H3,(H,26,27). The van der Waals surface area contributed by atoms with E-state index >= 15 is 0 Å². The van der Waals surface area contributed by atoms with Crippen LogP contribution in [-0.2, 0) is 9.53 Å². The van der Waals surface area contributed by atoms with Gasteiger partial charge in [0.15, 0.2) is 6.61 Å². The number of carbonyl (C=O) groups is 2. The van der Waals surface area contributed by atoms with Gasteiger partial charge >= 0.3 is 5.97 Å². The van der Waals surface area contributed by atoms with E-state index in [1.54, 1.807) is 0 Å². The second-order valence-electron chi connectivity index (χ2n) is 7.08. The van der Waals surface area contributed by atoms with Gasteiger partial charge < -0.3 is 10.1 Å². The Balaban J connectivity index is 1.60. The molecule has 0 unspecified atom stereocenters. The molecular weight excluding hydrogens is 362 g/mol. The minimum absolute atomic E-state index is 0.343. The molecule has 0 aliphatic heterocycles. The van der Waals surface area contributed by atoms with Crippen molar-refractivity contribution < 1.29 is 14.3 Å². The number of carbonyl (C=O) groups excluding carboxylic acids is 2. The van der Waals surface area contributed by atoms with Gasteiger partial charge in [-0.05, 0) is 52.6 Å². The highest BCUT2D eigenvalue weighted by molar-refractivity contribution is 6.16. The Morgan fingerprint density at radius 3 is 1.93 bits per heavy atom. The van der Waals surface area contributed by atoms with Crippen molar-refractivity contribution in [1.82, 2.24) is 0 Å².